The van der Waals surface area contributed by atoms with Gasteiger partial charge in [0, 0.05) is 29.9 Å². The number of carbonyl (C=O) groups excluding carboxylic acids is 1. The molecule has 2 heterocycles. The molecule has 232 valence electrons. The zero-order chi connectivity index (χ0) is 32.0. The van der Waals surface area contributed by atoms with E-state index in [9.17, 15) is 19.4 Å². The van der Waals surface area contributed by atoms with Crippen molar-refractivity contribution in [3.8, 4) is 0 Å². The summed E-state index contributed by atoms with van der Waals surface area (Å²) in [5.41, 5.74) is 2.07. The Kier molecular flexibility index (Phi) is 8.98. The van der Waals surface area contributed by atoms with Gasteiger partial charge in [-0.25, -0.2) is 9.38 Å². The number of aliphatic hydroxyl groups is 2. The summed E-state index contributed by atoms with van der Waals surface area (Å²) in [4.78, 5) is 23.0. The Morgan fingerprint density at radius 3 is 2.36 bits per heavy atom. The van der Waals surface area contributed by atoms with E-state index in [1.807, 2.05) is 62.9 Å². The van der Waals surface area contributed by atoms with Crippen LogP contribution in [-0.4, -0.2) is 70.5 Å². The zero-order valence-electron chi connectivity index (χ0n) is 25.6. The number of hydrogen-bond acceptors (Lipinski definition) is 5. The summed E-state index contributed by atoms with van der Waals surface area (Å²) in [6.07, 6.45) is 3.58. The van der Waals surface area contributed by atoms with Crippen molar-refractivity contribution in [2.45, 2.75) is 63.1 Å². The number of carbonyl (C=O) groups is 1. The van der Waals surface area contributed by atoms with Crippen LogP contribution in [0.15, 0.2) is 77.6 Å². The van der Waals surface area contributed by atoms with Crippen molar-refractivity contribution >= 4 is 35.3 Å². The standard InChI is InChI=1S/C35H38Cl2FN3O3/c1-21-8-6-7-9-29(21)35(30-11-10-26(38)12-22(30)2)17-32(41-19-28(43)16-27(41)20-42)39-18-31(35)40(5)33(44)34(3,4)23-13-24(36)15-25(37)14-23/h6-15,17-18,27-28,31,42-43H,16,19-20H2,1-5H3/t27-,28?,31?,35+/m0/s1. The van der Waals surface area contributed by atoms with Gasteiger partial charge >= 0.3 is 0 Å². The van der Waals surface area contributed by atoms with E-state index in [1.165, 1.54) is 12.1 Å². The monoisotopic (exact) mass is 637 g/mol. The third kappa shape index (κ3) is 5.67. The lowest BCUT2D eigenvalue weighted by atomic mass is 9.65. The molecule has 2 unspecified atom stereocenters. The Morgan fingerprint density at radius 2 is 1.73 bits per heavy atom. The minimum Gasteiger partial charge on any atom is -0.394 e. The van der Waals surface area contributed by atoms with Crippen molar-refractivity contribution in [3.63, 3.8) is 0 Å². The molecule has 1 fully saturated rings. The Hall–Kier alpha value is -3.23. The van der Waals surface area contributed by atoms with Gasteiger partial charge in [-0.3, -0.25) is 4.79 Å². The highest BCUT2D eigenvalue weighted by Crippen LogP contribution is 2.46. The average molecular weight is 639 g/mol. The minimum atomic E-state index is -1.02. The SMILES string of the molecule is Cc1ccccc1[C@@]1(c2ccc(F)cc2C)C=C(N2CC(O)C[C@H]2CO)N=CC1N(C)C(=O)C(C)(C)c1cc(Cl)cc(Cl)c1. The van der Waals surface area contributed by atoms with Crippen LogP contribution in [0.25, 0.3) is 0 Å². The molecule has 0 bridgehead atoms. The number of aliphatic hydroxyl groups excluding tert-OH is 2. The van der Waals surface area contributed by atoms with E-state index in [2.05, 4.69) is 0 Å². The number of β-amino-alcohol motifs (C(OH)–C–C–N with tert-alkyl or cyclic N) is 1. The number of halogens is 3. The van der Waals surface area contributed by atoms with Crippen LogP contribution in [0.3, 0.4) is 0 Å². The van der Waals surface area contributed by atoms with Crippen LogP contribution in [-0.2, 0) is 15.6 Å². The van der Waals surface area contributed by atoms with Crippen LogP contribution in [0, 0.1) is 19.7 Å². The van der Waals surface area contributed by atoms with E-state index in [0.717, 1.165) is 16.7 Å². The summed E-state index contributed by atoms with van der Waals surface area (Å²) < 4.78 is 14.6. The van der Waals surface area contributed by atoms with Gasteiger partial charge in [-0.2, -0.15) is 0 Å². The lowest BCUT2D eigenvalue weighted by molar-refractivity contribution is -0.136. The number of amides is 1. The van der Waals surface area contributed by atoms with Gasteiger partial charge in [0.2, 0.25) is 5.91 Å². The van der Waals surface area contributed by atoms with Crippen molar-refractivity contribution in [2.75, 3.05) is 20.2 Å². The molecule has 1 saturated heterocycles. The van der Waals surface area contributed by atoms with Crippen LogP contribution in [0.4, 0.5) is 4.39 Å². The molecule has 0 saturated carbocycles. The first-order chi connectivity index (χ1) is 20.8. The smallest absolute Gasteiger partial charge is 0.233 e. The Labute approximate surface area is 268 Å². The molecule has 0 radical (unpaired) electrons. The summed E-state index contributed by atoms with van der Waals surface area (Å²) in [7, 11) is 1.76. The largest absolute Gasteiger partial charge is 0.394 e. The fourth-order valence-corrected chi connectivity index (χ4v) is 7.38. The molecule has 3 aromatic carbocycles. The Morgan fingerprint density at radius 1 is 1.07 bits per heavy atom. The highest BCUT2D eigenvalue weighted by Gasteiger charge is 2.50. The third-order valence-corrected chi connectivity index (χ3v) is 9.59. The van der Waals surface area contributed by atoms with Gasteiger partial charge in [0.25, 0.3) is 0 Å². The van der Waals surface area contributed by atoms with E-state index in [-0.39, 0.29) is 24.4 Å². The molecule has 6 nitrogen and oxygen atoms in total. The van der Waals surface area contributed by atoms with Crippen LogP contribution in [0.1, 0.15) is 48.1 Å². The molecular formula is C35H38Cl2FN3O3. The molecule has 9 heteroatoms. The molecule has 0 aliphatic carbocycles. The topological polar surface area (TPSA) is 76.4 Å². The molecular weight excluding hydrogens is 600 g/mol. The summed E-state index contributed by atoms with van der Waals surface area (Å²) in [6.45, 7) is 7.72. The molecule has 1 amide bonds. The fraction of sp³-hybridized carbons (Fsp3) is 0.371. The first kappa shape index (κ1) is 32.2. The summed E-state index contributed by atoms with van der Waals surface area (Å²) in [6, 6.07) is 16.8. The van der Waals surface area contributed by atoms with Crippen LogP contribution < -0.4 is 0 Å². The third-order valence-electron chi connectivity index (χ3n) is 9.15. The second-order valence-corrected chi connectivity index (χ2v) is 13.3. The molecule has 44 heavy (non-hydrogen) atoms. The van der Waals surface area contributed by atoms with Crippen LogP contribution >= 0.6 is 23.2 Å². The Bertz CT molecular complexity index is 1620. The van der Waals surface area contributed by atoms with Gasteiger partial charge in [-0.05, 0) is 98.3 Å². The number of benzene rings is 3. The second-order valence-electron chi connectivity index (χ2n) is 12.4. The number of nitrogens with zero attached hydrogens (tertiary/aromatic N) is 3. The number of aliphatic imine (C=N–C) groups is 1. The van der Waals surface area contributed by atoms with Gasteiger partial charge in [0.05, 0.1) is 35.6 Å². The van der Waals surface area contributed by atoms with Gasteiger partial charge in [0.1, 0.15) is 11.6 Å². The van der Waals surface area contributed by atoms with Crippen LogP contribution in [0.5, 0.6) is 0 Å². The van der Waals surface area contributed by atoms with E-state index in [1.54, 1.807) is 42.4 Å². The maximum atomic E-state index is 14.6. The maximum absolute atomic E-state index is 14.6. The van der Waals surface area contributed by atoms with Crippen molar-refractivity contribution in [1.82, 2.24) is 9.80 Å². The second kappa shape index (κ2) is 12.3. The molecule has 2 N–H and O–H groups in total. The molecule has 5 rings (SSSR count). The predicted octanol–water partition coefficient (Wildman–Crippen LogP) is 6.19. The van der Waals surface area contributed by atoms with Gasteiger partial charge in [-0.15, -0.1) is 0 Å². The molecule has 2 aliphatic heterocycles. The quantitative estimate of drug-likeness (QED) is 0.324. The van der Waals surface area contributed by atoms with E-state index in [4.69, 9.17) is 28.2 Å². The average Bonchev–Trinajstić information content (AvgIpc) is 3.36. The molecule has 4 atom stereocenters. The van der Waals surface area contributed by atoms with Crippen molar-refractivity contribution in [2.24, 2.45) is 4.99 Å². The number of aryl methyl sites for hydroxylation is 2. The number of likely N-dealkylation sites (tertiary alicyclic amines) is 1. The first-order valence-electron chi connectivity index (χ1n) is 14.7. The maximum Gasteiger partial charge on any atom is 0.233 e. The normalized spacial score (nSPS) is 23.5. The van der Waals surface area contributed by atoms with Crippen molar-refractivity contribution in [3.05, 3.63) is 116 Å². The van der Waals surface area contributed by atoms with Gasteiger partial charge in [-0.1, -0.05) is 53.5 Å². The zero-order valence-corrected chi connectivity index (χ0v) is 27.1. The summed E-state index contributed by atoms with van der Waals surface area (Å²) in [5.74, 6) is 0.0278. The lowest BCUT2D eigenvalue weighted by Crippen LogP contribution is -2.57. The number of likely N-dealkylation sites (N-methyl/N-ethyl adjacent to an activating group) is 1. The number of rotatable bonds is 7. The molecule has 0 spiro atoms. The summed E-state index contributed by atoms with van der Waals surface area (Å²) >= 11 is 12.7. The first-order valence-corrected chi connectivity index (χ1v) is 15.4. The van der Waals surface area contributed by atoms with Crippen molar-refractivity contribution in [1.29, 1.82) is 0 Å². The van der Waals surface area contributed by atoms with E-state index < -0.39 is 23.0 Å². The minimum absolute atomic E-state index is 0.144. The van der Waals surface area contributed by atoms with Gasteiger partial charge < -0.3 is 20.0 Å². The van der Waals surface area contributed by atoms with E-state index >= 15 is 0 Å². The molecule has 2 aliphatic rings. The molecule has 3 aromatic rings. The highest BCUT2D eigenvalue weighted by molar-refractivity contribution is 6.34. The van der Waals surface area contributed by atoms with Gasteiger partial charge in [0.15, 0.2) is 0 Å². The van der Waals surface area contributed by atoms with E-state index in [0.29, 0.717) is 40.0 Å². The highest BCUT2D eigenvalue weighted by atomic mass is 35.5. The number of hydrogen-bond donors (Lipinski definition) is 2. The summed E-state index contributed by atoms with van der Waals surface area (Å²) in [5, 5.41) is 21.6. The van der Waals surface area contributed by atoms with Crippen LogP contribution in [0.2, 0.25) is 10.0 Å². The molecule has 0 aromatic heterocycles. The van der Waals surface area contributed by atoms with Crippen molar-refractivity contribution < 1.29 is 19.4 Å². The fourth-order valence-electron chi connectivity index (χ4n) is 6.85. The lowest BCUT2D eigenvalue weighted by Gasteiger charge is -2.47. The predicted molar refractivity (Wildman–Crippen MR) is 174 cm³/mol. The Balaban J connectivity index is 1.75.